The van der Waals surface area contributed by atoms with E-state index in [1.165, 1.54) is 23.5 Å². The van der Waals surface area contributed by atoms with Crippen LogP contribution in [0.15, 0.2) is 30.5 Å². The molecule has 2 heterocycles. The van der Waals surface area contributed by atoms with Crippen molar-refractivity contribution >= 4 is 22.4 Å². The van der Waals surface area contributed by atoms with Crippen LogP contribution in [0, 0.1) is 5.82 Å². The minimum atomic E-state index is -0.237. The van der Waals surface area contributed by atoms with Gasteiger partial charge in [-0.3, -0.25) is 9.69 Å². The van der Waals surface area contributed by atoms with E-state index in [0.29, 0.717) is 18.1 Å². The molecule has 0 bridgehead atoms. The molecule has 0 aliphatic carbocycles. The number of halogens is 1. The Morgan fingerprint density at radius 2 is 2.20 bits per heavy atom. The van der Waals surface area contributed by atoms with Crippen molar-refractivity contribution in [3.63, 3.8) is 0 Å². The number of hydrogen-bond acceptors (Lipinski definition) is 5. The van der Waals surface area contributed by atoms with Crippen LogP contribution in [0.4, 0.5) is 9.52 Å². The van der Waals surface area contributed by atoms with Gasteiger partial charge in [-0.1, -0.05) is 12.1 Å². The molecule has 2 aromatic rings. The molecule has 134 valence electrons. The molecule has 1 aromatic carbocycles. The van der Waals surface area contributed by atoms with Crippen molar-refractivity contribution in [2.24, 2.45) is 0 Å². The summed E-state index contributed by atoms with van der Waals surface area (Å²) in [6.07, 6.45) is 3.44. The lowest BCUT2D eigenvalue weighted by Gasteiger charge is -2.18. The molecule has 0 spiro atoms. The van der Waals surface area contributed by atoms with E-state index in [1.54, 1.807) is 12.3 Å². The highest BCUT2D eigenvalue weighted by Gasteiger charge is 2.16. The summed E-state index contributed by atoms with van der Waals surface area (Å²) >= 11 is 1.44. The second-order valence-corrected chi connectivity index (χ2v) is 7.53. The fraction of sp³-hybridized carbons (Fsp3) is 0.444. The van der Waals surface area contributed by atoms with Gasteiger partial charge in [-0.15, -0.1) is 11.3 Å². The number of nitrogens with zero attached hydrogens (tertiary/aromatic N) is 3. The molecule has 1 aliphatic rings. The summed E-state index contributed by atoms with van der Waals surface area (Å²) in [5, 5.41) is 3.48. The largest absolute Gasteiger partial charge is 0.305 e. The Labute approximate surface area is 151 Å². The average molecular weight is 362 g/mol. The molecule has 3 rings (SSSR count). The molecular weight excluding hydrogens is 339 g/mol. The second kappa shape index (κ2) is 8.51. The molecule has 25 heavy (non-hydrogen) atoms. The van der Waals surface area contributed by atoms with Crippen LogP contribution in [0.2, 0.25) is 0 Å². The first-order valence-electron chi connectivity index (χ1n) is 8.48. The second-order valence-electron chi connectivity index (χ2n) is 6.42. The van der Waals surface area contributed by atoms with Gasteiger partial charge in [-0.25, -0.2) is 9.37 Å². The van der Waals surface area contributed by atoms with Crippen LogP contribution in [-0.4, -0.2) is 60.5 Å². The molecule has 0 unspecified atom stereocenters. The topological polar surface area (TPSA) is 48.5 Å². The van der Waals surface area contributed by atoms with Crippen LogP contribution in [0.5, 0.6) is 0 Å². The van der Waals surface area contributed by atoms with Gasteiger partial charge in [0, 0.05) is 30.6 Å². The molecule has 1 aromatic heterocycles. The van der Waals surface area contributed by atoms with E-state index in [9.17, 15) is 9.18 Å². The Morgan fingerprint density at radius 3 is 3.04 bits per heavy atom. The number of benzene rings is 1. The van der Waals surface area contributed by atoms with E-state index in [4.69, 9.17) is 0 Å². The molecule has 1 N–H and O–H groups in total. The highest BCUT2D eigenvalue weighted by atomic mass is 32.1. The van der Waals surface area contributed by atoms with Crippen LogP contribution in [0.25, 0.3) is 0 Å². The van der Waals surface area contributed by atoms with E-state index in [0.717, 1.165) is 43.0 Å². The average Bonchev–Trinajstić information content (AvgIpc) is 2.88. The Kier molecular flexibility index (Phi) is 6.12. The van der Waals surface area contributed by atoms with Crippen molar-refractivity contribution in [1.82, 2.24) is 14.8 Å². The van der Waals surface area contributed by atoms with Gasteiger partial charge in [-0.2, -0.15) is 0 Å². The fourth-order valence-electron chi connectivity index (χ4n) is 2.92. The van der Waals surface area contributed by atoms with E-state index < -0.39 is 0 Å². The summed E-state index contributed by atoms with van der Waals surface area (Å²) in [5.41, 5.74) is 0.898. The number of nitrogens with one attached hydrogen (secondary N) is 1. The molecular formula is C18H23FN4OS. The lowest BCUT2D eigenvalue weighted by Crippen LogP contribution is -2.35. The third-order valence-electron chi connectivity index (χ3n) is 4.25. The molecule has 1 aliphatic heterocycles. The summed E-state index contributed by atoms with van der Waals surface area (Å²) < 4.78 is 13.2. The highest BCUT2D eigenvalue weighted by Crippen LogP contribution is 2.21. The van der Waals surface area contributed by atoms with Crippen LogP contribution in [0.3, 0.4) is 0 Å². The minimum Gasteiger partial charge on any atom is -0.305 e. The maximum absolute atomic E-state index is 13.2. The number of carbonyl (C=O) groups is 1. The Hall–Kier alpha value is -1.83. The summed E-state index contributed by atoms with van der Waals surface area (Å²) in [6.45, 7) is 4.32. The van der Waals surface area contributed by atoms with E-state index in [-0.39, 0.29) is 11.7 Å². The normalized spacial score (nSPS) is 16.6. The Bertz CT molecular complexity index is 721. The zero-order valence-electron chi connectivity index (χ0n) is 14.4. The van der Waals surface area contributed by atoms with Gasteiger partial charge in [-0.05, 0) is 44.3 Å². The maximum atomic E-state index is 13.2. The van der Waals surface area contributed by atoms with Gasteiger partial charge in [0.15, 0.2) is 5.13 Å². The lowest BCUT2D eigenvalue weighted by molar-refractivity contribution is -0.117. The number of anilines is 1. The smallest absolute Gasteiger partial charge is 0.240 e. The zero-order valence-corrected chi connectivity index (χ0v) is 15.2. The molecule has 0 radical (unpaired) electrons. The molecule has 0 atom stereocenters. The van der Waals surface area contributed by atoms with E-state index >= 15 is 0 Å². The molecule has 1 saturated heterocycles. The van der Waals surface area contributed by atoms with Crippen LogP contribution >= 0.6 is 11.3 Å². The first kappa shape index (κ1) is 18.0. The van der Waals surface area contributed by atoms with Gasteiger partial charge in [0.2, 0.25) is 5.91 Å². The number of likely N-dealkylation sites (N-methyl/N-ethyl adjacent to an activating group) is 1. The number of thiazole rings is 1. The third-order valence-corrected chi connectivity index (χ3v) is 5.16. The quantitative estimate of drug-likeness (QED) is 0.888. The van der Waals surface area contributed by atoms with Crippen LogP contribution in [-0.2, 0) is 11.2 Å². The van der Waals surface area contributed by atoms with E-state index in [1.807, 2.05) is 6.07 Å². The van der Waals surface area contributed by atoms with Crippen molar-refractivity contribution < 1.29 is 9.18 Å². The Morgan fingerprint density at radius 1 is 1.32 bits per heavy atom. The molecule has 1 amide bonds. The first-order chi connectivity index (χ1) is 12.1. The van der Waals surface area contributed by atoms with Crippen molar-refractivity contribution in [3.05, 3.63) is 46.7 Å². The summed E-state index contributed by atoms with van der Waals surface area (Å²) in [7, 11) is 2.11. The van der Waals surface area contributed by atoms with Gasteiger partial charge in [0.05, 0.1) is 6.54 Å². The SMILES string of the molecule is CN1CCCN(CC(=O)Nc2ncc(Cc3cccc(F)c3)s2)CC1. The lowest BCUT2D eigenvalue weighted by atomic mass is 10.1. The maximum Gasteiger partial charge on any atom is 0.240 e. The van der Waals surface area contributed by atoms with Crippen molar-refractivity contribution in [3.8, 4) is 0 Å². The minimum absolute atomic E-state index is 0.0313. The number of hydrogen-bond donors (Lipinski definition) is 1. The van der Waals surface area contributed by atoms with Crippen molar-refractivity contribution in [2.75, 3.05) is 45.1 Å². The highest BCUT2D eigenvalue weighted by molar-refractivity contribution is 7.15. The first-order valence-corrected chi connectivity index (χ1v) is 9.30. The van der Waals surface area contributed by atoms with Gasteiger partial charge in [0.1, 0.15) is 5.82 Å². The standard InChI is InChI=1S/C18H23FN4OS/c1-22-6-3-7-23(9-8-22)13-17(24)21-18-20-12-16(25-18)11-14-4-2-5-15(19)10-14/h2,4-5,10,12H,3,6-9,11,13H2,1H3,(H,20,21,24). The number of carbonyl (C=O) groups excluding carboxylic acids is 1. The molecule has 0 saturated carbocycles. The van der Waals surface area contributed by atoms with Gasteiger partial charge < -0.3 is 10.2 Å². The van der Waals surface area contributed by atoms with Crippen molar-refractivity contribution in [1.29, 1.82) is 0 Å². The monoisotopic (exact) mass is 362 g/mol. The fourth-order valence-corrected chi connectivity index (χ4v) is 3.78. The molecule has 7 heteroatoms. The number of rotatable bonds is 5. The predicted octanol–water partition coefficient (Wildman–Crippen LogP) is 2.45. The van der Waals surface area contributed by atoms with Gasteiger partial charge in [0.25, 0.3) is 0 Å². The third kappa shape index (κ3) is 5.59. The number of amides is 1. The molecule has 1 fully saturated rings. The van der Waals surface area contributed by atoms with Crippen molar-refractivity contribution in [2.45, 2.75) is 12.8 Å². The van der Waals surface area contributed by atoms with E-state index in [2.05, 4.69) is 27.1 Å². The predicted molar refractivity (Wildman–Crippen MR) is 98.5 cm³/mol. The molecule has 5 nitrogen and oxygen atoms in total. The van der Waals surface area contributed by atoms with Gasteiger partial charge >= 0.3 is 0 Å². The number of aromatic nitrogens is 1. The Balaban J connectivity index is 1.51. The van der Waals surface area contributed by atoms with Crippen LogP contribution in [0.1, 0.15) is 16.9 Å². The summed E-state index contributed by atoms with van der Waals surface area (Å²) in [6, 6.07) is 6.54. The zero-order chi connectivity index (χ0) is 17.6. The summed E-state index contributed by atoms with van der Waals surface area (Å²) in [5.74, 6) is -0.269. The summed E-state index contributed by atoms with van der Waals surface area (Å²) in [4.78, 5) is 22.0. The van der Waals surface area contributed by atoms with Crippen LogP contribution < -0.4 is 5.32 Å².